The summed E-state index contributed by atoms with van der Waals surface area (Å²) in [7, 11) is 0. The number of nitrogens with one attached hydrogen (secondary N) is 2. The number of carbonyl (C=O) groups excluding carboxylic acids is 1. The maximum atomic E-state index is 12.0. The van der Waals surface area contributed by atoms with Crippen LogP contribution in [0.5, 0.6) is 0 Å². The van der Waals surface area contributed by atoms with Crippen molar-refractivity contribution in [3.8, 4) is 0 Å². The van der Waals surface area contributed by atoms with Crippen molar-refractivity contribution in [2.24, 2.45) is 0 Å². The zero-order valence-corrected chi connectivity index (χ0v) is 11.4. The molecule has 0 fully saturated rings. The number of carbonyl (C=O) groups is 1. The van der Waals surface area contributed by atoms with Crippen LogP contribution < -0.4 is 5.32 Å². The number of halogens is 1. The number of hydrogen-bond acceptors (Lipinski definition) is 5. The molecule has 2 aromatic rings. The van der Waals surface area contributed by atoms with Gasteiger partial charge in [0.2, 0.25) is 5.69 Å². The number of aliphatic hydroxyl groups excluding tert-OH is 1. The molecule has 1 aromatic carbocycles. The van der Waals surface area contributed by atoms with Crippen LogP contribution in [-0.2, 0) is 0 Å². The molecule has 0 radical (unpaired) electrons. The van der Waals surface area contributed by atoms with Crippen molar-refractivity contribution in [3.63, 3.8) is 0 Å². The zero-order chi connectivity index (χ0) is 15.4. The second kappa shape index (κ2) is 6.33. The topological polar surface area (TPSA) is 121 Å². The Morgan fingerprint density at radius 3 is 2.71 bits per heavy atom. The molecule has 1 heterocycles. The lowest BCUT2D eigenvalue weighted by Gasteiger charge is -2.16. The third kappa shape index (κ3) is 3.36. The van der Waals surface area contributed by atoms with E-state index >= 15 is 0 Å². The standard InChI is InChI=1S/C12H11ClN4O4/c13-8-3-1-7(2-4-8)9(6-18)15-12(19)11-10(17(20)21)5-14-16-11/h1-5,9,18H,6H2,(H,14,16)(H,15,19). The first kappa shape index (κ1) is 14.9. The van der Waals surface area contributed by atoms with Gasteiger partial charge in [-0.2, -0.15) is 5.10 Å². The first-order valence-electron chi connectivity index (χ1n) is 5.88. The predicted molar refractivity (Wildman–Crippen MR) is 74.0 cm³/mol. The summed E-state index contributed by atoms with van der Waals surface area (Å²) < 4.78 is 0. The largest absolute Gasteiger partial charge is 0.394 e. The Bertz CT molecular complexity index is 656. The Kier molecular flexibility index (Phi) is 4.51. The van der Waals surface area contributed by atoms with Crippen LogP contribution in [0.1, 0.15) is 22.1 Å². The number of amides is 1. The van der Waals surface area contributed by atoms with Gasteiger partial charge >= 0.3 is 5.69 Å². The first-order valence-corrected chi connectivity index (χ1v) is 6.25. The Hall–Kier alpha value is -2.45. The van der Waals surface area contributed by atoms with Crippen molar-refractivity contribution >= 4 is 23.2 Å². The first-order chi connectivity index (χ1) is 10.0. The van der Waals surface area contributed by atoms with Gasteiger partial charge in [0, 0.05) is 5.02 Å². The van der Waals surface area contributed by atoms with Crippen LogP contribution in [0.15, 0.2) is 30.5 Å². The van der Waals surface area contributed by atoms with Crippen molar-refractivity contribution in [2.45, 2.75) is 6.04 Å². The lowest BCUT2D eigenvalue weighted by molar-refractivity contribution is -0.385. The number of nitrogens with zero attached hydrogens (tertiary/aromatic N) is 2. The molecular formula is C12H11ClN4O4. The van der Waals surface area contributed by atoms with Crippen molar-refractivity contribution in [2.75, 3.05) is 6.61 Å². The van der Waals surface area contributed by atoms with Crippen molar-refractivity contribution in [1.82, 2.24) is 15.5 Å². The van der Waals surface area contributed by atoms with Gasteiger partial charge in [0.15, 0.2) is 0 Å². The molecule has 110 valence electrons. The molecule has 2 rings (SSSR count). The molecule has 0 aliphatic carbocycles. The molecule has 0 spiro atoms. The summed E-state index contributed by atoms with van der Waals surface area (Å²) >= 11 is 5.76. The maximum absolute atomic E-state index is 12.0. The van der Waals surface area contributed by atoms with Gasteiger partial charge in [0.1, 0.15) is 6.20 Å². The number of aromatic nitrogens is 2. The highest BCUT2D eigenvalue weighted by molar-refractivity contribution is 6.30. The van der Waals surface area contributed by atoms with E-state index in [9.17, 15) is 20.0 Å². The molecule has 1 unspecified atom stereocenters. The van der Waals surface area contributed by atoms with E-state index in [1.54, 1.807) is 24.3 Å². The lowest BCUT2D eigenvalue weighted by atomic mass is 10.1. The normalized spacial score (nSPS) is 11.9. The summed E-state index contributed by atoms with van der Waals surface area (Å²) in [4.78, 5) is 22.1. The smallest absolute Gasteiger partial charge is 0.319 e. The van der Waals surface area contributed by atoms with E-state index in [0.717, 1.165) is 6.20 Å². The quantitative estimate of drug-likeness (QED) is 0.570. The average Bonchev–Trinajstić information content (AvgIpc) is 2.95. The highest BCUT2D eigenvalue weighted by atomic mass is 35.5. The minimum absolute atomic E-state index is 0.271. The Balaban J connectivity index is 2.18. The summed E-state index contributed by atoms with van der Waals surface area (Å²) in [5, 5.41) is 28.9. The molecule has 1 aromatic heterocycles. The van der Waals surface area contributed by atoms with Crippen LogP contribution in [0.25, 0.3) is 0 Å². The number of aromatic amines is 1. The SMILES string of the molecule is O=C(NC(CO)c1ccc(Cl)cc1)c1[nH]ncc1[N+](=O)[O-]. The molecule has 1 atom stereocenters. The van der Waals surface area contributed by atoms with Crippen molar-refractivity contribution in [1.29, 1.82) is 0 Å². The van der Waals surface area contributed by atoms with E-state index in [2.05, 4.69) is 15.5 Å². The second-order valence-corrected chi connectivity index (χ2v) is 4.58. The van der Waals surface area contributed by atoms with Gasteiger partial charge in [-0.1, -0.05) is 23.7 Å². The highest BCUT2D eigenvalue weighted by Crippen LogP contribution is 2.19. The molecule has 0 saturated heterocycles. The number of hydrogen-bond donors (Lipinski definition) is 3. The van der Waals surface area contributed by atoms with E-state index < -0.39 is 22.6 Å². The minimum Gasteiger partial charge on any atom is -0.394 e. The fourth-order valence-corrected chi connectivity index (χ4v) is 1.87. The van der Waals surface area contributed by atoms with E-state index in [1.807, 2.05) is 0 Å². The summed E-state index contributed by atoms with van der Waals surface area (Å²) in [5.74, 6) is -0.729. The van der Waals surface area contributed by atoms with Crippen LogP contribution in [-0.4, -0.2) is 32.7 Å². The molecule has 8 nitrogen and oxygen atoms in total. The summed E-state index contributed by atoms with van der Waals surface area (Å²) in [5.41, 5.74) is -0.0786. The van der Waals surface area contributed by atoms with E-state index in [4.69, 9.17) is 11.6 Å². The second-order valence-electron chi connectivity index (χ2n) is 4.15. The van der Waals surface area contributed by atoms with Gasteiger partial charge in [-0.25, -0.2) is 0 Å². The molecule has 0 aliphatic rings. The van der Waals surface area contributed by atoms with Crippen LogP contribution >= 0.6 is 11.6 Å². The number of benzene rings is 1. The Morgan fingerprint density at radius 1 is 1.48 bits per heavy atom. The van der Waals surface area contributed by atoms with Gasteiger partial charge in [0.05, 0.1) is 17.6 Å². The van der Waals surface area contributed by atoms with Gasteiger partial charge in [0.25, 0.3) is 5.91 Å². The van der Waals surface area contributed by atoms with Crippen LogP contribution in [0, 0.1) is 10.1 Å². The van der Waals surface area contributed by atoms with E-state index in [0.29, 0.717) is 10.6 Å². The molecular weight excluding hydrogens is 300 g/mol. The third-order valence-corrected chi connectivity index (χ3v) is 3.06. The minimum atomic E-state index is -0.729. The third-order valence-electron chi connectivity index (χ3n) is 2.80. The highest BCUT2D eigenvalue weighted by Gasteiger charge is 2.25. The molecule has 0 aliphatic heterocycles. The molecule has 0 bridgehead atoms. The monoisotopic (exact) mass is 310 g/mol. The van der Waals surface area contributed by atoms with Gasteiger partial charge < -0.3 is 10.4 Å². The van der Waals surface area contributed by atoms with Crippen LogP contribution in [0.2, 0.25) is 5.02 Å². The number of H-pyrrole nitrogens is 1. The molecule has 0 saturated carbocycles. The lowest BCUT2D eigenvalue weighted by Crippen LogP contribution is -2.31. The van der Waals surface area contributed by atoms with Gasteiger partial charge in [-0.15, -0.1) is 0 Å². The average molecular weight is 311 g/mol. The van der Waals surface area contributed by atoms with Crippen LogP contribution in [0.4, 0.5) is 5.69 Å². The fraction of sp³-hybridized carbons (Fsp3) is 0.167. The fourth-order valence-electron chi connectivity index (χ4n) is 1.75. The molecule has 21 heavy (non-hydrogen) atoms. The zero-order valence-electron chi connectivity index (χ0n) is 10.6. The Morgan fingerprint density at radius 2 is 2.14 bits per heavy atom. The van der Waals surface area contributed by atoms with Crippen molar-refractivity contribution < 1.29 is 14.8 Å². The van der Waals surface area contributed by atoms with E-state index in [-0.39, 0.29) is 12.3 Å². The van der Waals surface area contributed by atoms with Gasteiger partial charge in [-0.05, 0) is 17.7 Å². The number of rotatable bonds is 5. The predicted octanol–water partition coefficient (Wildman–Crippen LogP) is 1.43. The summed E-state index contributed by atoms with van der Waals surface area (Å²) in [6.07, 6.45) is 0.950. The number of aliphatic hydroxyl groups is 1. The van der Waals surface area contributed by atoms with Crippen molar-refractivity contribution in [3.05, 3.63) is 56.9 Å². The summed E-state index contributed by atoms with van der Waals surface area (Å²) in [6.45, 7) is -0.366. The molecule has 9 heteroatoms. The number of nitro groups is 1. The van der Waals surface area contributed by atoms with Gasteiger partial charge in [-0.3, -0.25) is 20.0 Å². The molecule has 3 N–H and O–H groups in total. The maximum Gasteiger partial charge on any atom is 0.319 e. The summed E-state index contributed by atoms with van der Waals surface area (Å²) in [6, 6.07) is 5.81. The van der Waals surface area contributed by atoms with Crippen LogP contribution in [0.3, 0.4) is 0 Å². The van der Waals surface area contributed by atoms with E-state index in [1.165, 1.54) is 0 Å². The molecule has 1 amide bonds. The Labute approximate surface area is 123 Å².